The van der Waals surface area contributed by atoms with E-state index in [-0.39, 0.29) is 5.91 Å². The first-order valence-corrected chi connectivity index (χ1v) is 7.27. The fourth-order valence-electron chi connectivity index (χ4n) is 1.90. The van der Waals surface area contributed by atoms with Crippen molar-refractivity contribution >= 4 is 21.8 Å². The van der Waals surface area contributed by atoms with Gasteiger partial charge in [0, 0.05) is 10.9 Å². The summed E-state index contributed by atoms with van der Waals surface area (Å²) in [6, 6.07) is 19.2. The van der Waals surface area contributed by atoms with Crippen LogP contribution in [0.1, 0.15) is 22.8 Å². The van der Waals surface area contributed by atoms with E-state index in [1.54, 1.807) is 0 Å². The van der Waals surface area contributed by atoms with Crippen molar-refractivity contribution in [3.05, 3.63) is 71.8 Å². The van der Waals surface area contributed by atoms with E-state index >= 15 is 0 Å². The van der Waals surface area contributed by atoms with E-state index in [4.69, 9.17) is 0 Å². The fraction of sp³-hybridized carbons (Fsp3) is 0.188. The Kier molecular flexibility index (Phi) is 4.38. The molecule has 0 spiro atoms. The Bertz CT molecular complexity index is 541. The molecule has 1 N–H and O–H groups in total. The third-order valence-electron chi connectivity index (χ3n) is 3.10. The van der Waals surface area contributed by atoms with Gasteiger partial charge in [-0.3, -0.25) is 4.79 Å². The van der Waals surface area contributed by atoms with Crippen LogP contribution in [0.25, 0.3) is 0 Å². The van der Waals surface area contributed by atoms with Crippen LogP contribution in [0.4, 0.5) is 0 Å². The summed E-state index contributed by atoms with van der Waals surface area (Å²) in [5.74, 6) is -0.0635. The van der Waals surface area contributed by atoms with Gasteiger partial charge in [-0.15, -0.1) is 0 Å². The normalized spacial score (nSPS) is 13.6. The van der Waals surface area contributed by atoms with E-state index in [9.17, 15) is 4.79 Å². The van der Waals surface area contributed by atoms with Crippen molar-refractivity contribution in [1.29, 1.82) is 0 Å². The first kappa shape index (κ1) is 13.8. The molecule has 1 amide bonds. The van der Waals surface area contributed by atoms with Crippen LogP contribution in [0, 0.1) is 0 Å². The highest BCUT2D eigenvalue weighted by Gasteiger charge is 2.27. The molecule has 0 aliphatic carbocycles. The SMILES string of the molecule is CC(CBr)(NC(=O)c1ccccc1)c1ccccc1. The van der Waals surface area contributed by atoms with Crippen LogP contribution >= 0.6 is 15.9 Å². The van der Waals surface area contributed by atoms with Gasteiger partial charge >= 0.3 is 0 Å². The van der Waals surface area contributed by atoms with Crippen LogP contribution in [-0.4, -0.2) is 11.2 Å². The Labute approximate surface area is 122 Å². The lowest BCUT2D eigenvalue weighted by Gasteiger charge is -2.29. The number of rotatable bonds is 4. The lowest BCUT2D eigenvalue weighted by molar-refractivity contribution is 0.0914. The molecular weight excluding hydrogens is 302 g/mol. The third kappa shape index (κ3) is 3.24. The summed E-state index contributed by atoms with van der Waals surface area (Å²) in [5, 5.41) is 3.75. The molecule has 2 aromatic rings. The lowest BCUT2D eigenvalue weighted by atomic mass is 9.94. The number of carbonyl (C=O) groups excluding carboxylic acids is 1. The Morgan fingerprint density at radius 3 is 2.11 bits per heavy atom. The summed E-state index contributed by atoms with van der Waals surface area (Å²) in [7, 11) is 0. The molecule has 0 heterocycles. The maximum atomic E-state index is 12.3. The Balaban J connectivity index is 2.22. The van der Waals surface area contributed by atoms with Gasteiger partial charge in [-0.05, 0) is 24.6 Å². The molecule has 2 aromatic carbocycles. The van der Waals surface area contributed by atoms with Gasteiger partial charge in [0.2, 0.25) is 0 Å². The highest BCUT2D eigenvalue weighted by Crippen LogP contribution is 2.23. The third-order valence-corrected chi connectivity index (χ3v) is 4.23. The standard InChI is InChI=1S/C16H16BrNO/c1-16(12-17,14-10-6-3-7-11-14)18-15(19)13-8-4-2-5-9-13/h2-11H,12H2,1H3,(H,18,19). The zero-order chi connectivity index (χ0) is 13.7. The van der Waals surface area contributed by atoms with Gasteiger partial charge in [-0.2, -0.15) is 0 Å². The first-order valence-electron chi connectivity index (χ1n) is 6.15. The van der Waals surface area contributed by atoms with Crippen molar-refractivity contribution in [3.63, 3.8) is 0 Å². The number of alkyl halides is 1. The van der Waals surface area contributed by atoms with Crippen LogP contribution in [0.3, 0.4) is 0 Å². The number of halogens is 1. The number of hydrogen-bond acceptors (Lipinski definition) is 1. The Morgan fingerprint density at radius 1 is 1.05 bits per heavy atom. The van der Waals surface area contributed by atoms with E-state index in [1.807, 2.05) is 67.6 Å². The van der Waals surface area contributed by atoms with E-state index in [0.29, 0.717) is 10.9 Å². The predicted molar refractivity (Wildman–Crippen MR) is 81.5 cm³/mol. The predicted octanol–water partition coefficient (Wildman–Crippen LogP) is 3.73. The molecule has 0 fully saturated rings. The molecule has 19 heavy (non-hydrogen) atoms. The van der Waals surface area contributed by atoms with Gasteiger partial charge in [-0.25, -0.2) is 0 Å². The molecule has 0 aliphatic rings. The maximum Gasteiger partial charge on any atom is 0.251 e. The zero-order valence-electron chi connectivity index (χ0n) is 10.8. The summed E-state index contributed by atoms with van der Waals surface area (Å²) in [6.45, 7) is 2.01. The van der Waals surface area contributed by atoms with Crippen molar-refractivity contribution in [2.75, 3.05) is 5.33 Å². The molecule has 0 bridgehead atoms. The van der Waals surface area contributed by atoms with E-state index < -0.39 is 5.54 Å². The summed E-state index contributed by atoms with van der Waals surface area (Å²) in [5.41, 5.74) is 1.33. The number of nitrogens with one attached hydrogen (secondary N) is 1. The molecule has 1 atom stereocenters. The van der Waals surface area contributed by atoms with Crippen LogP contribution in [0.5, 0.6) is 0 Å². The zero-order valence-corrected chi connectivity index (χ0v) is 12.4. The van der Waals surface area contributed by atoms with Gasteiger partial charge in [0.05, 0.1) is 5.54 Å². The molecule has 0 saturated heterocycles. The van der Waals surface area contributed by atoms with Gasteiger partial charge in [0.25, 0.3) is 5.91 Å². The van der Waals surface area contributed by atoms with Crippen molar-refractivity contribution in [2.24, 2.45) is 0 Å². The molecule has 0 saturated carbocycles. The first-order chi connectivity index (χ1) is 9.15. The van der Waals surface area contributed by atoms with Crippen molar-refractivity contribution in [3.8, 4) is 0 Å². The highest BCUT2D eigenvalue weighted by atomic mass is 79.9. The Hall–Kier alpha value is -1.61. The topological polar surface area (TPSA) is 29.1 Å². The average Bonchev–Trinajstić information content (AvgIpc) is 2.49. The molecular formula is C16H16BrNO. The van der Waals surface area contributed by atoms with E-state index in [1.165, 1.54) is 0 Å². The summed E-state index contributed by atoms with van der Waals surface area (Å²) < 4.78 is 0. The van der Waals surface area contributed by atoms with Crippen molar-refractivity contribution < 1.29 is 4.79 Å². The van der Waals surface area contributed by atoms with Crippen molar-refractivity contribution in [2.45, 2.75) is 12.5 Å². The maximum absolute atomic E-state index is 12.3. The molecule has 98 valence electrons. The molecule has 0 aromatic heterocycles. The second kappa shape index (κ2) is 6.02. The summed E-state index contributed by atoms with van der Waals surface area (Å²) in [4.78, 5) is 12.3. The van der Waals surface area contributed by atoms with Gasteiger partial charge in [0.1, 0.15) is 0 Å². The molecule has 0 aliphatic heterocycles. The van der Waals surface area contributed by atoms with Crippen LogP contribution in [-0.2, 0) is 5.54 Å². The summed E-state index contributed by atoms with van der Waals surface area (Å²) in [6.07, 6.45) is 0. The smallest absolute Gasteiger partial charge is 0.251 e. The van der Waals surface area contributed by atoms with Gasteiger partial charge in [-0.1, -0.05) is 64.5 Å². The largest absolute Gasteiger partial charge is 0.342 e. The number of amides is 1. The fourth-order valence-corrected chi connectivity index (χ4v) is 2.36. The second-order valence-electron chi connectivity index (χ2n) is 4.65. The van der Waals surface area contributed by atoms with E-state index in [0.717, 1.165) is 5.56 Å². The molecule has 0 radical (unpaired) electrons. The van der Waals surface area contributed by atoms with Crippen LogP contribution < -0.4 is 5.32 Å². The second-order valence-corrected chi connectivity index (χ2v) is 5.21. The Morgan fingerprint density at radius 2 is 1.58 bits per heavy atom. The lowest BCUT2D eigenvalue weighted by Crippen LogP contribution is -2.44. The average molecular weight is 318 g/mol. The van der Waals surface area contributed by atoms with E-state index in [2.05, 4.69) is 21.2 Å². The monoisotopic (exact) mass is 317 g/mol. The quantitative estimate of drug-likeness (QED) is 0.855. The van der Waals surface area contributed by atoms with Gasteiger partial charge < -0.3 is 5.32 Å². The molecule has 3 heteroatoms. The minimum absolute atomic E-state index is 0.0635. The number of benzene rings is 2. The number of carbonyl (C=O) groups is 1. The minimum Gasteiger partial charge on any atom is -0.342 e. The van der Waals surface area contributed by atoms with Crippen molar-refractivity contribution in [1.82, 2.24) is 5.32 Å². The molecule has 2 nitrogen and oxygen atoms in total. The highest BCUT2D eigenvalue weighted by molar-refractivity contribution is 9.09. The minimum atomic E-state index is -0.422. The molecule has 1 unspecified atom stereocenters. The van der Waals surface area contributed by atoms with Gasteiger partial charge in [0.15, 0.2) is 0 Å². The van der Waals surface area contributed by atoms with Crippen LogP contribution in [0.2, 0.25) is 0 Å². The van der Waals surface area contributed by atoms with Crippen LogP contribution in [0.15, 0.2) is 60.7 Å². The number of hydrogen-bond donors (Lipinski definition) is 1. The summed E-state index contributed by atoms with van der Waals surface area (Å²) >= 11 is 3.50. The molecule has 2 rings (SSSR count).